The van der Waals surface area contributed by atoms with Gasteiger partial charge in [-0.3, -0.25) is 0 Å². The number of hydrogen-bond donors (Lipinski definition) is 0. The van der Waals surface area contributed by atoms with Crippen LogP contribution in [-0.4, -0.2) is 40.6 Å². The fraction of sp³-hybridized carbons (Fsp3) is 0.467. The van der Waals surface area contributed by atoms with Crippen LogP contribution in [0.1, 0.15) is 30.3 Å². The first-order valence-corrected chi connectivity index (χ1v) is 8.96. The number of rotatable bonds is 3. The molecule has 0 saturated carbocycles. The SMILES string of the molecule is Cc1cc(S(=O)(=O)N2CCC(n3cnnc3C)CC2)ccc1F. The number of halogens is 1. The molecule has 1 fully saturated rings. The summed E-state index contributed by atoms with van der Waals surface area (Å²) >= 11 is 0. The average Bonchev–Trinajstić information content (AvgIpc) is 2.96. The fourth-order valence-electron chi connectivity index (χ4n) is 2.95. The van der Waals surface area contributed by atoms with Gasteiger partial charge in [-0.25, -0.2) is 12.8 Å². The predicted molar refractivity (Wildman–Crippen MR) is 82.9 cm³/mol. The largest absolute Gasteiger partial charge is 0.315 e. The Labute approximate surface area is 135 Å². The molecule has 23 heavy (non-hydrogen) atoms. The Balaban J connectivity index is 1.76. The Morgan fingerprint density at radius 3 is 2.48 bits per heavy atom. The first-order chi connectivity index (χ1) is 10.9. The molecule has 1 aliphatic heterocycles. The van der Waals surface area contributed by atoms with Crippen molar-refractivity contribution in [3.8, 4) is 0 Å². The Morgan fingerprint density at radius 2 is 1.91 bits per heavy atom. The van der Waals surface area contributed by atoms with Crippen molar-refractivity contribution < 1.29 is 12.8 Å². The number of aromatic nitrogens is 3. The molecule has 2 heterocycles. The van der Waals surface area contributed by atoms with Gasteiger partial charge in [-0.2, -0.15) is 4.31 Å². The molecule has 1 aliphatic rings. The molecule has 1 saturated heterocycles. The third-order valence-electron chi connectivity index (χ3n) is 4.34. The second-order valence-electron chi connectivity index (χ2n) is 5.83. The summed E-state index contributed by atoms with van der Waals surface area (Å²) in [6.07, 6.45) is 3.10. The van der Waals surface area contributed by atoms with E-state index in [1.165, 1.54) is 22.5 Å². The summed E-state index contributed by atoms with van der Waals surface area (Å²) in [6.45, 7) is 4.31. The monoisotopic (exact) mass is 338 g/mol. The summed E-state index contributed by atoms with van der Waals surface area (Å²) in [6, 6.07) is 4.13. The highest BCUT2D eigenvalue weighted by Crippen LogP contribution is 2.27. The zero-order valence-electron chi connectivity index (χ0n) is 13.1. The van der Waals surface area contributed by atoms with Crippen LogP contribution in [-0.2, 0) is 10.0 Å². The van der Waals surface area contributed by atoms with Crippen molar-refractivity contribution in [2.24, 2.45) is 0 Å². The third kappa shape index (κ3) is 3.00. The van der Waals surface area contributed by atoms with E-state index in [9.17, 15) is 12.8 Å². The minimum atomic E-state index is -3.58. The van der Waals surface area contributed by atoms with Crippen LogP contribution in [0.15, 0.2) is 29.4 Å². The normalized spacial score (nSPS) is 17.5. The van der Waals surface area contributed by atoms with Crippen LogP contribution in [0.25, 0.3) is 0 Å². The van der Waals surface area contributed by atoms with E-state index in [1.54, 1.807) is 13.3 Å². The highest BCUT2D eigenvalue weighted by atomic mass is 32.2. The molecule has 6 nitrogen and oxygen atoms in total. The van der Waals surface area contributed by atoms with Crippen molar-refractivity contribution in [1.82, 2.24) is 19.1 Å². The quantitative estimate of drug-likeness (QED) is 0.859. The molecule has 124 valence electrons. The summed E-state index contributed by atoms with van der Waals surface area (Å²) in [5.41, 5.74) is 0.334. The van der Waals surface area contributed by atoms with Gasteiger partial charge < -0.3 is 4.57 Å². The van der Waals surface area contributed by atoms with Gasteiger partial charge in [0.25, 0.3) is 0 Å². The van der Waals surface area contributed by atoms with Crippen molar-refractivity contribution in [3.05, 3.63) is 41.7 Å². The van der Waals surface area contributed by atoms with Crippen molar-refractivity contribution in [3.63, 3.8) is 0 Å². The van der Waals surface area contributed by atoms with Crippen molar-refractivity contribution in [2.75, 3.05) is 13.1 Å². The molecule has 0 amide bonds. The molecule has 1 aromatic heterocycles. The van der Waals surface area contributed by atoms with Gasteiger partial charge in [-0.1, -0.05) is 0 Å². The summed E-state index contributed by atoms with van der Waals surface area (Å²) in [7, 11) is -3.58. The third-order valence-corrected chi connectivity index (χ3v) is 6.23. The summed E-state index contributed by atoms with van der Waals surface area (Å²) in [5.74, 6) is 0.436. The van der Waals surface area contributed by atoms with Crippen molar-refractivity contribution in [1.29, 1.82) is 0 Å². The smallest absolute Gasteiger partial charge is 0.243 e. The van der Waals surface area contributed by atoms with Gasteiger partial charge in [0.2, 0.25) is 10.0 Å². The molecular formula is C15H19FN4O2S. The van der Waals surface area contributed by atoms with E-state index >= 15 is 0 Å². The van der Waals surface area contributed by atoms with E-state index in [0.29, 0.717) is 31.5 Å². The minimum Gasteiger partial charge on any atom is -0.315 e. The molecule has 0 N–H and O–H groups in total. The maximum atomic E-state index is 13.4. The Morgan fingerprint density at radius 1 is 1.22 bits per heavy atom. The lowest BCUT2D eigenvalue weighted by Crippen LogP contribution is -2.39. The molecule has 1 aromatic carbocycles. The molecular weight excluding hydrogens is 319 g/mol. The van der Waals surface area contributed by atoms with Gasteiger partial charge in [-0.15, -0.1) is 10.2 Å². The van der Waals surface area contributed by atoms with E-state index in [0.717, 1.165) is 5.82 Å². The van der Waals surface area contributed by atoms with Crippen LogP contribution in [0.4, 0.5) is 4.39 Å². The summed E-state index contributed by atoms with van der Waals surface area (Å²) in [5, 5.41) is 7.85. The van der Waals surface area contributed by atoms with Crippen LogP contribution in [0.5, 0.6) is 0 Å². The van der Waals surface area contributed by atoms with E-state index in [1.807, 2.05) is 11.5 Å². The predicted octanol–water partition coefficient (Wildman–Crippen LogP) is 2.06. The highest BCUT2D eigenvalue weighted by molar-refractivity contribution is 7.89. The minimum absolute atomic E-state index is 0.148. The van der Waals surface area contributed by atoms with Gasteiger partial charge in [-0.05, 0) is 50.5 Å². The summed E-state index contributed by atoms with van der Waals surface area (Å²) in [4.78, 5) is 0.148. The lowest BCUT2D eigenvalue weighted by atomic mass is 10.1. The van der Waals surface area contributed by atoms with E-state index in [2.05, 4.69) is 10.2 Å². The zero-order chi connectivity index (χ0) is 16.6. The topological polar surface area (TPSA) is 68.1 Å². The molecule has 0 atom stereocenters. The molecule has 8 heteroatoms. The number of benzene rings is 1. The second kappa shape index (κ2) is 6.01. The van der Waals surface area contributed by atoms with Gasteiger partial charge in [0.1, 0.15) is 18.0 Å². The fourth-order valence-corrected chi connectivity index (χ4v) is 4.50. The summed E-state index contributed by atoms with van der Waals surface area (Å²) < 4.78 is 42.2. The molecule has 0 unspecified atom stereocenters. The van der Waals surface area contributed by atoms with Crippen molar-refractivity contribution >= 4 is 10.0 Å². The lowest BCUT2D eigenvalue weighted by Gasteiger charge is -2.32. The Kier molecular flexibility index (Phi) is 4.20. The molecule has 0 radical (unpaired) electrons. The number of piperidine rings is 1. The lowest BCUT2D eigenvalue weighted by molar-refractivity contribution is 0.271. The maximum Gasteiger partial charge on any atom is 0.243 e. The molecule has 2 aromatic rings. The van der Waals surface area contributed by atoms with E-state index < -0.39 is 15.8 Å². The number of hydrogen-bond acceptors (Lipinski definition) is 4. The number of aryl methyl sites for hydroxylation is 2. The van der Waals surface area contributed by atoms with Crippen LogP contribution in [0, 0.1) is 19.7 Å². The van der Waals surface area contributed by atoms with Crippen LogP contribution in [0.2, 0.25) is 0 Å². The second-order valence-corrected chi connectivity index (χ2v) is 7.77. The number of sulfonamides is 1. The van der Waals surface area contributed by atoms with E-state index in [-0.39, 0.29) is 10.9 Å². The van der Waals surface area contributed by atoms with Gasteiger partial charge in [0.05, 0.1) is 4.90 Å². The first kappa shape index (κ1) is 16.1. The van der Waals surface area contributed by atoms with Gasteiger partial charge >= 0.3 is 0 Å². The first-order valence-electron chi connectivity index (χ1n) is 7.52. The van der Waals surface area contributed by atoms with Crippen molar-refractivity contribution in [2.45, 2.75) is 37.6 Å². The highest BCUT2D eigenvalue weighted by Gasteiger charge is 2.30. The number of nitrogens with zero attached hydrogens (tertiary/aromatic N) is 4. The van der Waals surface area contributed by atoms with Gasteiger partial charge in [0.15, 0.2) is 0 Å². The standard InChI is InChI=1S/C15H19FN4O2S/c1-11-9-14(3-4-15(11)16)23(21,22)19-7-5-13(6-8-19)20-10-17-18-12(20)2/h3-4,9-10,13H,5-8H2,1-2H3. The Bertz CT molecular complexity index is 811. The Hall–Kier alpha value is -1.80. The average molecular weight is 338 g/mol. The van der Waals surface area contributed by atoms with E-state index in [4.69, 9.17) is 0 Å². The molecule has 3 rings (SSSR count). The molecule has 0 spiro atoms. The van der Waals surface area contributed by atoms with Crippen LogP contribution >= 0.6 is 0 Å². The molecule has 0 aliphatic carbocycles. The molecule has 0 bridgehead atoms. The zero-order valence-corrected chi connectivity index (χ0v) is 13.9. The maximum absolute atomic E-state index is 13.4. The van der Waals surface area contributed by atoms with Gasteiger partial charge in [0, 0.05) is 19.1 Å². The van der Waals surface area contributed by atoms with Crippen LogP contribution < -0.4 is 0 Å². The van der Waals surface area contributed by atoms with Crippen LogP contribution in [0.3, 0.4) is 0 Å².